The summed E-state index contributed by atoms with van der Waals surface area (Å²) in [6.45, 7) is 9.89. The van der Waals surface area contributed by atoms with E-state index in [9.17, 15) is 14.4 Å². The maximum Gasteiger partial charge on any atom is 0.408 e. The number of carbonyl (C=O) groups excluding carboxylic acids is 3. The van der Waals surface area contributed by atoms with Gasteiger partial charge in [-0.25, -0.2) is 4.79 Å². The number of thioether (sulfide) groups is 1. The Kier molecular flexibility index (Phi) is 14.8. The zero-order valence-electron chi connectivity index (χ0n) is 25.7. The van der Waals surface area contributed by atoms with Crippen LogP contribution in [0, 0.1) is 6.92 Å². The van der Waals surface area contributed by atoms with E-state index in [2.05, 4.69) is 17.6 Å². The van der Waals surface area contributed by atoms with Crippen LogP contribution in [0.5, 0.6) is 0 Å². The topological polar surface area (TPSA) is 87.7 Å². The van der Waals surface area contributed by atoms with Gasteiger partial charge in [0.2, 0.25) is 5.91 Å². The highest BCUT2D eigenvalue weighted by Crippen LogP contribution is 2.26. The van der Waals surface area contributed by atoms with E-state index < -0.39 is 23.8 Å². The summed E-state index contributed by atoms with van der Waals surface area (Å²) in [4.78, 5) is 42.8. The van der Waals surface area contributed by atoms with Crippen LogP contribution in [0.3, 0.4) is 0 Å². The van der Waals surface area contributed by atoms with E-state index in [1.807, 2.05) is 67.8 Å². The number of hydrogen-bond acceptors (Lipinski definition) is 5. The summed E-state index contributed by atoms with van der Waals surface area (Å²) in [7, 11) is 0. The lowest BCUT2D eigenvalue weighted by atomic mass is 10.0. The smallest absolute Gasteiger partial charge is 0.408 e. The molecule has 2 aromatic rings. The number of aryl methyl sites for hydroxylation is 1. The number of nitrogens with one attached hydrogen (secondary N) is 2. The van der Waals surface area contributed by atoms with E-state index in [-0.39, 0.29) is 11.8 Å². The fourth-order valence-corrected chi connectivity index (χ4v) is 5.07. The number of nitrogens with zero attached hydrogens (tertiary/aromatic N) is 1. The number of carbonyl (C=O) groups is 3. The van der Waals surface area contributed by atoms with Crippen LogP contribution >= 0.6 is 11.8 Å². The van der Waals surface area contributed by atoms with Gasteiger partial charge in [-0.2, -0.15) is 11.8 Å². The third-order valence-corrected chi connectivity index (χ3v) is 7.36. The van der Waals surface area contributed by atoms with Crippen molar-refractivity contribution in [3.8, 4) is 0 Å². The van der Waals surface area contributed by atoms with Gasteiger partial charge in [0.05, 0.1) is 0 Å². The van der Waals surface area contributed by atoms with Gasteiger partial charge in [-0.05, 0) is 69.7 Å². The van der Waals surface area contributed by atoms with E-state index in [0.29, 0.717) is 24.4 Å². The summed E-state index contributed by atoms with van der Waals surface area (Å²) in [6.07, 6.45) is 8.04. The molecule has 0 aliphatic rings. The normalized spacial score (nSPS) is 12.7. The monoisotopic (exact) mass is 583 g/mol. The molecule has 0 fully saturated rings. The average Bonchev–Trinajstić information content (AvgIpc) is 2.92. The number of amides is 3. The summed E-state index contributed by atoms with van der Waals surface area (Å²) in [5.74, 6) is 0.0978. The lowest BCUT2D eigenvalue weighted by Gasteiger charge is -2.34. The molecule has 2 rings (SSSR count). The predicted molar refractivity (Wildman–Crippen MR) is 170 cm³/mol. The number of ether oxygens (including phenoxy) is 1. The standard InChI is InChI=1S/C33H49N3O4S/c1-7-8-9-10-11-17-23-36(31(38)28(22-24-41-6)35-32(39)40-33(3,4)5)29(26-19-13-12-14-20-26)30(37)34-27-21-16-15-18-25(27)2/h12-16,18-21,28-29H,7-11,17,22-24H2,1-6H3,(H,34,37)(H,35,39). The highest BCUT2D eigenvalue weighted by atomic mass is 32.2. The summed E-state index contributed by atoms with van der Waals surface area (Å²) >= 11 is 1.60. The number of anilines is 1. The van der Waals surface area contributed by atoms with Gasteiger partial charge in [-0.3, -0.25) is 9.59 Å². The molecule has 2 unspecified atom stereocenters. The van der Waals surface area contributed by atoms with Crippen LogP contribution in [0.25, 0.3) is 0 Å². The molecule has 0 saturated carbocycles. The van der Waals surface area contributed by atoms with Crippen molar-refractivity contribution in [1.82, 2.24) is 10.2 Å². The van der Waals surface area contributed by atoms with Crippen LogP contribution < -0.4 is 10.6 Å². The second-order valence-electron chi connectivity index (χ2n) is 11.4. The Morgan fingerprint density at radius 1 is 0.927 bits per heavy atom. The van der Waals surface area contributed by atoms with Crippen LogP contribution in [-0.4, -0.2) is 53.0 Å². The molecule has 41 heavy (non-hydrogen) atoms. The van der Waals surface area contributed by atoms with Gasteiger partial charge < -0.3 is 20.3 Å². The molecule has 0 saturated heterocycles. The van der Waals surface area contributed by atoms with Crippen molar-refractivity contribution in [2.75, 3.05) is 23.9 Å². The van der Waals surface area contributed by atoms with Crippen LogP contribution in [0.2, 0.25) is 0 Å². The van der Waals surface area contributed by atoms with Crippen molar-refractivity contribution in [2.45, 2.75) is 97.2 Å². The second-order valence-corrected chi connectivity index (χ2v) is 12.4. The Morgan fingerprint density at radius 3 is 2.20 bits per heavy atom. The molecule has 0 heterocycles. The van der Waals surface area contributed by atoms with E-state index in [0.717, 1.165) is 43.2 Å². The molecular weight excluding hydrogens is 534 g/mol. The fourth-order valence-electron chi connectivity index (χ4n) is 4.59. The van der Waals surface area contributed by atoms with E-state index >= 15 is 0 Å². The Morgan fingerprint density at radius 2 is 1.56 bits per heavy atom. The number of para-hydroxylation sites is 1. The molecule has 0 aliphatic carbocycles. The molecule has 0 aromatic heterocycles. The van der Waals surface area contributed by atoms with Gasteiger partial charge in [0.1, 0.15) is 17.7 Å². The van der Waals surface area contributed by atoms with Crippen molar-refractivity contribution in [3.05, 3.63) is 65.7 Å². The zero-order valence-corrected chi connectivity index (χ0v) is 26.5. The molecule has 2 aromatic carbocycles. The summed E-state index contributed by atoms with van der Waals surface area (Å²) in [5, 5.41) is 5.88. The summed E-state index contributed by atoms with van der Waals surface area (Å²) in [5.41, 5.74) is 1.66. The first-order valence-corrected chi connectivity index (χ1v) is 16.2. The summed E-state index contributed by atoms with van der Waals surface area (Å²) in [6, 6.07) is 15.3. The maximum absolute atomic E-state index is 14.3. The van der Waals surface area contributed by atoms with Crippen molar-refractivity contribution in [3.63, 3.8) is 0 Å². The van der Waals surface area contributed by atoms with Gasteiger partial charge in [0, 0.05) is 12.2 Å². The number of alkyl carbamates (subject to hydrolysis) is 1. The molecule has 7 nitrogen and oxygen atoms in total. The number of rotatable bonds is 16. The van der Waals surface area contributed by atoms with Gasteiger partial charge >= 0.3 is 6.09 Å². The fraction of sp³-hybridized carbons (Fsp3) is 0.545. The molecule has 226 valence electrons. The minimum Gasteiger partial charge on any atom is -0.444 e. The average molecular weight is 584 g/mol. The Hall–Kier alpha value is -3.00. The van der Waals surface area contributed by atoms with Crippen LogP contribution in [-0.2, 0) is 14.3 Å². The summed E-state index contributed by atoms with van der Waals surface area (Å²) < 4.78 is 5.49. The first-order chi connectivity index (χ1) is 19.6. The number of unbranched alkanes of at least 4 members (excludes halogenated alkanes) is 5. The minimum absolute atomic E-state index is 0.285. The third-order valence-electron chi connectivity index (χ3n) is 6.71. The Bertz CT molecular complexity index is 1090. The van der Waals surface area contributed by atoms with Gasteiger partial charge in [-0.1, -0.05) is 87.6 Å². The van der Waals surface area contributed by atoms with Gasteiger partial charge in [0.25, 0.3) is 5.91 Å². The molecule has 0 aliphatic heterocycles. The van der Waals surface area contributed by atoms with Crippen LogP contribution in [0.4, 0.5) is 10.5 Å². The second kappa shape index (κ2) is 17.7. The first kappa shape index (κ1) is 34.2. The number of hydrogen-bond donors (Lipinski definition) is 2. The highest BCUT2D eigenvalue weighted by Gasteiger charge is 2.36. The largest absolute Gasteiger partial charge is 0.444 e. The van der Waals surface area contributed by atoms with Gasteiger partial charge in [-0.15, -0.1) is 0 Å². The molecular formula is C33H49N3O4S. The molecule has 2 N–H and O–H groups in total. The Balaban J connectivity index is 2.45. The van der Waals surface area contributed by atoms with Crippen LogP contribution in [0.15, 0.2) is 54.6 Å². The molecule has 0 radical (unpaired) electrons. The molecule has 8 heteroatoms. The number of benzene rings is 2. The molecule has 0 spiro atoms. The minimum atomic E-state index is -0.865. The van der Waals surface area contributed by atoms with E-state index in [4.69, 9.17) is 4.74 Å². The van der Waals surface area contributed by atoms with Crippen molar-refractivity contribution in [2.24, 2.45) is 0 Å². The van der Waals surface area contributed by atoms with E-state index in [1.165, 1.54) is 6.42 Å². The van der Waals surface area contributed by atoms with Crippen molar-refractivity contribution < 1.29 is 19.1 Å². The lowest BCUT2D eigenvalue weighted by molar-refractivity contribution is -0.141. The third kappa shape index (κ3) is 12.2. The van der Waals surface area contributed by atoms with E-state index in [1.54, 1.807) is 37.4 Å². The molecule has 2 atom stereocenters. The molecule has 0 bridgehead atoms. The Labute approximate surface area is 251 Å². The zero-order chi connectivity index (χ0) is 30.3. The van der Waals surface area contributed by atoms with Crippen molar-refractivity contribution >= 4 is 35.4 Å². The van der Waals surface area contributed by atoms with Crippen LogP contribution in [0.1, 0.15) is 89.8 Å². The maximum atomic E-state index is 14.3. The van der Waals surface area contributed by atoms with Gasteiger partial charge in [0.15, 0.2) is 0 Å². The molecule has 3 amide bonds. The first-order valence-electron chi connectivity index (χ1n) is 14.8. The quantitative estimate of drug-likeness (QED) is 0.200. The van der Waals surface area contributed by atoms with Crippen molar-refractivity contribution in [1.29, 1.82) is 0 Å². The SMILES string of the molecule is CCCCCCCCN(C(=O)C(CCSC)NC(=O)OC(C)(C)C)C(C(=O)Nc1ccccc1C)c1ccccc1. The predicted octanol–water partition coefficient (Wildman–Crippen LogP) is 7.51. The highest BCUT2D eigenvalue weighted by molar-refractivity contribution is 7.98. The lowest BCUT2D eigenvalue weighted by Crippen LogP contribution is -2.52.